The van der Waals surface area contributed by atoms with Crippen LogP contribution in [0.3, 0.4) is 0 Å². The highest BCUT2D eigenvalue weighted by Crippen LogP contribution is 2.36. The van der Waals surface area contributed by atoms with E-state index in [1.54, 1.807) is 48.5 Å². The summed E-state index contributed by atoms with van der Waals surface area (Å²) in [6.45, 7) is 0. The zero-order chi connectivity index (χ0) is 15.7. The number of benzene rings is 2. The molecule has 0 amide bonds. The molecule has 2 aromatic rings. The van der Waals surface area contributed by atoms with Gasteiger partial charge in [0.05, 0.1) is 23.2 Å². The molecule has 0 N–H and O–H groups in total. The van der Waals surface area contributed by atoms with Crippen molar-refractivity contribution in [3.8, 4) is 5.75 Å². The zero-order valence-corrected chi connectivity index (χ0v) is 11.6. The second-order valence-corrected chi connectivity index (χ2v) is 4.60. The van der Waals surface area contributed by atoms with Gasteiger partial charge in [0.1, 0.15) is 5.75 Å². The van der Waals surface area contributed by atoms with Crippen molar-refractivity contribution in [2.24, 2.45) is 0 Å². The van der Waals surface area contributed by atoms with Crippen LogP contribution in [0.5, 0.6) is 5.75 Å². The third kappa shape index (κ3) is 2.20. The molecule has 0 unspecified atom stereocenters. The largest absolute Gasteiger partial charge is 0.497 e. The fraction of sp³-hybridized carbons (Fsp3) is 0.0625. The van der Waals surface area contributed by atoms with Gasteiger partial charge in [-0.1, -0.05) is 18.2 Å². The first-order valence-electron chi connectivity index (χ1n) is 6.46. The van der Waals surface area contributed by atoms with Crippen molar-refractivity contribution in [2.75, 3.05) is 7.11 Å². The van der Waals surface area contributed by atoms with E-state index in [-0.39, 0.29) is 11.5 Å². The molecule has 0 saturated carbocycles. The number of nitrogens with zero attached hydrogens (tertiary/aromatic N) is 1. The van der Waals surface area contributed by atoms with Crippen molar-refractivity contribution in [1.29, 1.82) is 0 Å². The summed E-state index contributed by atoms with van der Waals surface area (Å²) in [5, 5.41) is 11.5. The lowest BCUT2D eigenvalue weighted by Gasteiger charge is -2.04. The fourth-order valence-corrected chi connectivity index (χ4v) is 2.31. The number of hydrogen-bond donors (Lipinski definition) is 0. The van der Waals surface area contributed by atoms with Crippen LogP contribution in [0.4, 0.5) is 0 Å². The van der Waals surface area contributed by atoms with Gasteiger partial charge in [-0.3, -0.25) is 10.1 Å². The third-order valence-electron chi connectivity index (χ3n) is 3.35. The van der Waals surface area contributed by atoms with Gasteiger partial charge in [0.15, 0.2) is 0 Å². The van der Waals surface area contributed by atoms with Gasteiger partial charge in [0.25, 0.3) is 0 Å². The van der Waals surface area contributed by atoms with E-state index >= 15 is 0 Å². The van der Waals surface area contributed by atoms with Crippen LogP contribution in [0.25, 0.3) is 11.5 Å². The summed E-state index contributed by atoms with van der Waals surface area (Å²) >= 11 is 0. The van der Waals surface area contributed by atoms with Crippen LogP contribution in [-0.4, -0.2) is 18.0 Å². The number of fused-ring (bicyclic) bond motifs is 1. The highest BCUT2D eigenvalue weighted by atomic mass is 16.6. The van der Waals surface area contributed by atoms with Crippen molar-refractivity contribution in [3.63, 3.8) is 0 Å². The van der Waals surface area contributed by atoms with Gasteiger partial charge in [0, 0.05) is 5.56 Å². The highest BCUT2D eigenvalue weighted by Gasteiger charge is 2.34. The summed E-state index contributed by atoms with van der Waals surface area (Å²) in [6.07, 6.45) is 0. The van der Waals surface area contributed by atoms with Gasteiger partial charge in [-0.05, 0) is 30.3 Å². The maximum atomic E-state index is 11.8. The van der Waals surface area contributed by atoms with Crippen molar-refractivity contribution >= 4 is 17.4 Å². The van der Waals surface area contributed by atoms with E-state index in [1.807, 2.05) is 0 Å². The average Bonchev–Trinajstić information content (AvgIpc) is 2.85. The number of rotatable bonds is 3. The molecule has 3 rings (SSSR count). The summed E-state index contributed by atoms with van der Waals surface area (Å²) in [6, 6.07) is 12.9. The van der Waals surface area contributed by atoms with E-state index < -0.39 is 10.9 Å². The minimum Gasteiger partial charge on any atom is -0.497 e. The molecule has 0 spiro atoms. The Morgan fingerprint density at radius 3 is 2.32 bits per heavy atom. The molecule has 22 heavy (non-hydrogen) atoms. The molecule has 1 heterocycles. The molecule has 0 bridgehead atoms. The number of cyclic esters (lactones) is 1. The molecule has 1 aliphatic heterocycles. The lowest BCUT2D eigenvalue weighted by Crippen LogP contribution is -2.03. The summed E-state index contributed by atoms with van der Waals surface area (Å²) in [4.78, 5) is 22.8. The lowest BCUT2D eigenvalue weighted by atomic mass is 10.0. The molecule has 110 valence electrons. The second-order valence-electron chi connectivity index (χ2n) is 4.60. The predicted molar refractivity (Wildman–Crippen MR) is 78.7 cm³/mol. The van der Waals surface area contributed by atoms with E-state index in [0.717, 1.165) is 0 Å². The number of carbonyl (C=O) groups excluding carboxylic acids is 1. The smallest absolute Gasteiger partial charge is 0.344 e. The average molecular weight is 297 g/mol. The maximum absolute atomic E-state index is 11.8. The van der Waals surface area contributed by atoms with Crippen LogP contribution < -0.4 is 4.74 Å². The summed E-state index contributed by atoms with van der Waals surface area (Å²) < 4.78 is 10.2. The van der Waals surface area contributed by atoms with Gasteiger partial charge < -0.3 is 9.47 Å². The predicted octanol–water partition coefficient (Wildman–Crippen LogP) is 2.97. The van der Waals surface area contributed by atoms with Gasteiger partial charge in [-0.25, -0.2) is 4.79 Å². The molecule has 0 radical (unpaired) electrons. The zero-order valence-electron chi connectivity index (χ0n) is 11.6. The Morgan fingerprint density at radius 2 is 1.73 bits per heavy atom. The van der Waals surface area contributed by atoms with Crippen LogP contribution in [0.1, 0.15) is 21.5 Å². The SMILES string of the molecule is COc1ccc(/C(=C2\OC(=O)c3ccccc32)[N+](=O)[O-])cc1. The van der Waals surface area contributed by atoms with Crippen LogP contribution in [0.2, 0.25) is 0 Å². The van der Waals surface area contributed by atoms with Crippen molar-refractivity contribution < 1.29 is 19.2 Å². The van der Waals surface area contributed by atoms with Crippen LogP contribution in [0, 0.1) is 10.1 Å². The first kappa shape index (κ1) is 13.8. The Kier molecular flexibility index (Phi) is 3.34. The third-order valence-corrected chi connectivity index (χ3v) is 3.35. The molecule has 0 aromatic heterocycles. The van der Waals surface area contributed by atoms with Crippen molar-refractivity contribution in [3.05, 3.63) is 75.3 Å². The van der Waals surface area contributed by atoms with Gasteiger partial charge >= 0.3 is 11.7 Å². The molecule has 6 heteroatoms. The molecule has 2 aromatic carbocycles. The highest BCUT2D eigenvalue weighted by molar-refractivity contribution is 6.06. The van der Waals surface area contributed by atoms with E-state index in [4.69, 9.17) is 9.47 Å². The fourth-order valence-electron chi connectivity index (χ4n) is 2.31. The topological polar surface area (TPSA) is 78.7 Å². The van der Waals surface area contributed by atoms with Crippen LogP contribution in [-0.2, 0) is 4.74 Å². The quantitative estimate of drug-likeness (QED) is 0.494. The van der Waals surface area contributed by atoms with E-state index in [1.165, 1.54) is 7.11 Å². The van der Waals surface area contributed by atoms with Crippen molar-refractivity contribution in [2.45, 2.75) is 0 Å². The number of esters is 1. The van der Waals surface area contributed by atoms with E-state index in [2.05, 4.69) is 0 Å². The van der Waals surface area contributed by atoms with E-state index in [0.29, 0.717) is 22.4 Å². The van der Waals surface area contributed by atoms with Gasteiger partial charge in [-0.2, -0.15) is 0 Å². The monoisotopic (exact) mass is 297 g/mol. The minimum absolute atomic E-state index is 0.0317. The standard InChI is InChI=1S/C16H11NO5/c1-21-11-8-6-10(7-9-11)14(17(19)20)15-12-4-2-3-5-13(12)16(18)22-15/h2-9H,1H3/b15-14+. The molecule has 6 nitrogen and oxygen atoms in total. The Labute approximate surface area is 125 Å². The van der Waals surface area contributed by atoms with Gasteiger partial charge in [-0.15, -0.1) is 0 Å². The number of ether oxygens (including phenoxy) is 2. The Hall–Kier alpha value is -3.15. The number of hydrogen-bond acceptors (Lipinski definition) is 5. The normalized spacial score (nSPS) is 15.0. The molecule has 0 atom stereocenters. The maximum Gasteiger partial charge on any atom is 0.344 e. The number of carbonyl (C=O) groups is 1. The second kappa shape index (κ2) is 5.33. The summed E-state index contributed by atoms with van der Waals surface area (Å²) in [5.41, 5.74) is 0.839. The van der Waals surface area contributed by atoms with E-state index in [9.17, 15) is 14.9 Å². The molecule has 0 aliphatic carbocycles. The molecule has 0 fully saturated rings. The van der Waals surface area contributed by atoms with Crippen LogP contribution in [0.15, 0.2) is 48.5 Å². The molecule has 0 saturated heterocycles. The first-order valence-corrected chi connectivity index (χ1v) is 6.46. The van der Waals surface area contributed by atoms with Crippen molar-refractivity contribution in [1.82, 2.24) is 0 Å². The Bertz CT molecular complexity index is 792. The Morgan fingerprint density at radius 1 is 1.09 bits per heavy atom. The molecular formula is C16H11NO5. The number of nitro groups is 1. The number of methoxy groups -OCH3 is 1. The lowest BCUT2D eigenvalue weighted by molar-refractivity contribution is -0.375. The van der Waals surface area contributed by atoms with Crippen LogP contribution >= 0.6 is 0 Å². The molecular weight excluding hydrogens is 286 g/mol. The Balaban J connectivity index is 2.19. The first-order chi connectivity index (χ1) is 10.6. The molecule has 1 aliphatic rings. The summed E-state index contributed by atoms with van der Waals surface area (Å²) in [7, 11) is 1.51. The summed E-state index contributed by atoms with van der Waals surface area (Å²) in [5.74, 6) is -0.0329. The van der Waals surface area contributed by atoms with Gasteiger partial charge in [0.2, 0.25) is 5.76 Å². The minimum atomic E-state index is -0.585.